The number of thiazole rings is 1. The van der Waals surface area contributed by atoms with Gasteiger partial charge in [0.2, 0.25) is 11.8 Å². The second kappa shape index (κ2) is 23.4. The quantitative estimate of drug-likeness (QED) is 0.0777. The molecule has 4 aliphatic rings. The van der Waals surface area contributed by atoms with Crippen molar-refractivity contribution in [2.45, 2.75) is 103 Å². The minimum absolute atomic E-state index is 0.0195. The molecule has 4 atom stereocenters. The van der Waals surface area contributed by atoms with E-state index < -0.39 is 29.7 Å². The van der Waals surface area contributed by atoms with Gasteiger partial charge in [-0.25, -0.2) is 13.8 Å². The third-order valence-corrected chi connectivity index (χ3v) is 17.7. The highest BCUT2D eigenvalue weighted by Crippen LogP contribution is 2.41. The SMILES string of the molecule is C#Cc1c(F)ccc2cc(O)cc(-c3ncc4c(N5CCCCCC5)nc(OCCN5CCC(CC6CN(c7cc([C@@H](C(=O)N8C[C@H](O)C[C@H]8C(=O)N[C@@H](C)c8ccc(-c9scnc9C)cc8)C(C)C)on7)C6)CC5)nc4c3F)c12. The number of phenols is 1. The van der Waals surface area contributed by atoms with Crippen LogP contribution in [0.5, 0.6) is 11.8 Å². The van der Waals surface area contributed by atoms with E-state index in [0.29, 0.717) is 53.2 Å². The number of aliphatic hydroxyl groups excluding tert-OH is 1. The Kier molecular flexibility index (Phi) is 16.0. The first-order valence-corrected chi connectivity index (χ1v) is 29.0. The van der Waals surface area contributed by atoms with E-state index in [0.717, 1.165) is 106 Å². The first kappa shape index (κ1) is 54.7. The number of fused-ring (bicyclic) bond motifs is 2. The van der Waals surface area contributed by atoms with Crippen molar-refractivity contribution in [3.05, 3.63) is 101 Å². The van der Waals surface area contributed by atoms with Crippen LogP contribution in [0.15, 0.2) is 70.8 Å². The van der Waals surface area contributed by atoms with Crippen molar-refractivity contribution in [3.63, 3.8) is 0 Å². The lowest BCUT2D eigenvalue weighted by Crippen LogP contribution is -2.48. The number of aryl methyl sites for hydroxylation is 1. The summed E-state index contributed by atoms with van der Waals surface area (Å²) in [5.41, 5.74) is 4.81. The van der Waals surface area contributed by atoms with Gasteiger partial charge in [-0.2, -0.15) is 9.97 Å². The number of nitrogens with one attached hydrogen (secondary N) is 1. The highest BCUT2D eigenvalue weighted by Gasteiger charge is 2.44. The number of nitrogens with zero attached hydrogens (tertiary/aromatic N) is 9. The fourth-order valence-electron chi connectivity index (χ4n) is 12.3. The average Bonchev–Trinajstić information content (AvgIpc) is 4.05. The van der Waals surface area contributed by atoms with Crippen molar-refractivity contribution in [1.82, 2.24) is 40.2 Å². The van der Waals surface area contributed by atoms with Gasteiger partial charge in [-0.1, -0.05) is 68.1 Å². The Hall–Kier alpha value is -7.27. The van der Waals surface area contributed by atoms with Crippen LogP contribution in [0.4, 0.5) is 20.4 Å². The van der Waals surface area contributed by atoms with E-state index in [9.17, 15) is 19.8 Å². The number of terminal acetylenes is 1. The molecule has 418 valence electrons. The van der Waals surface area contributed by atoms with Gasteiger partial charge in [-0.05, 0) is 112 Å². The molecule has 4 saturated heterocycles. The number of aromatic hydroxyl groups is 1. The zero-order valence-electron chi connectivity index (χ0n) is 45.7. The first-order chi connectivity index (χ1) is 38.7. The van der Waals surface area contributed by atoms with Crippen LogP contribution in [0.3, 0.4) is 0 Å². The molecule has 3 N–H and O–H groups in total. The van der Waals surface area contributed by atoms with E-state index in [1.54, 1.807) is 17.5 Å². The Morgan fingerprint density at radius 2 is 1.70 bits per heavy atom. The maximum absolute atomic E-state index is 17.0. The molecule has 4 aliphatic heterocycles. The Bertz CT molecular complexity index is 3440. The number of anilines is 2. The fraction of sp³-hybridized carbons (Fsp3) is 0.459. The second-order valence-corrected chi connectivity index (χ2v) is 23.4. The molecular formula is C61H68F2N10O6S. The average molecular weight is 1110 g/mol. The van der Waals surface area contributed by atoms with Gasteiger partial charge in [0.1, 0.15) is 47.2 Å². The summed E-state index contributed by atoms with van der Waals surface area (Å²) in [6.07, 6.45) is 13.9. The fourth-order valence-corrected chi connectivity index (χ4v) is 13.1. The van der Waals surface area contributed by atoms with Crippen molar-refractivity contribution in [2.75, 3.05) is 68.8 Å². The van der Waals surface area contributed by atoms with Gasteiger partial charge in [-0.15, -0.1) is 17.8 Å². The number of rotatable bonds is 16. The normalized spacial score (nSPS) is 19.3. The molecule has 0 aliphatic carbocycles. The Balaban J connectivity index is 0.679. The molecule has 0 spiro atoms. The number of piperidine rings is 1. The van der Waals surface area contributed by atoms with Gasteiger partial charge in [0.15, 0.2) is 17.4 Å². The number of β-amino-alcohol motifs (C(OH)–C–C–N with tert-alkyl or cyclic N) is 1. The lowest BCUT2D eigenvalue weighted by molar-refractivity contribution is -0.141. The number of ether oxygens (including phenoxy) is 1. The third-order valence-electron chi connectivity index (χ3n) is 16.7. The van der Waals surface area contributed by atoms with E-state index in [1.165, 1.54) is 29.2 Å². The standard InChI is InChI=1S/C61H68F2N10O6S/c1-6-45-48(62)16-15-42-26-43(74)27-46(53(42)45)55-54(63)56-47(30-64-55)58(71-19-9-7-8-10-20-71)68-61(67-56)78-24-23-70-21-17-38(18-22-70)25-39-31-72(32-39)51-29-50(79-69-51)52(35(2)3)60(77)73-33-44(75)28-49(73)59(76)66-36(4)40-11-13-41(14-12-40)57-37(5)65-34-80-57/h1,11-16,26-27,29-30,34-36,38-39,44,49,52,74-75H,7-10,17-25,28,31-33H2,2-5H3,(H,66,76)/t36-,44+,49-,52-/m0/s1. The molecule has 7 aromatic rings. The van der Waals surface area contributed by atoms with Crippen LogP contribution in [0.1, 0.15) is 107 Å². The summed E-state index contributed by atoms with van der Waals surface area (Å²) >= 11 is 1.59. The van der Waals surface area contributed by atoms with Crippen molar-refractivity contribution in [1.29, 1.82) is 0 Å². The van der Waals surface area contributed by atoms with Crippen LogP contribution in [-0.4, -0.2) is 128 Å². The molecule has 4 aromatic heterocycles. The number of carbonyl (C=O) groups excluding carboxylic acids is 2. The van der Waals surface area contributed by atoms with Crippen LogP contribution < -0.4 is 19.9 Å². The number of pyridine rings is 1. The predicted molar refractivity (Wildman–Crippen MR) is 305 cm³/mol. The molecule has 16 nitrogen and oxygen atoms in total. The molecule has 2 amide bonds. The van der Waals surface area contributed by atoms with Gasteiger partial charge in [0, 0.05) is 68.9 Å². The lowest BCUT2D eigenvalue weighted by atomic mass is 9.83. The number of likely N-dealkylation sites (tertiary alicyclic amines) is 2. The van der Waals surface area contributed by atoms with E-state index in [2.05, 4.69) is 46.0 Å². The summed E-state index contributed by atoms with van der Waals surface area (Å²) < 4.78 is 44.2. The smallest absolute Gasteiger partial charge is 0.319 e. The molecule has 8 heterocycles. The highest BCUT2D eigenvalue weighted by molar-refractivity contribution is 7.13. The van der Waals surface area contributed by atoms with Crippen LogP contribution >= 0.6 is 11.3 Å². The zero-order chi connectivity index (χ0) is 55.8. The summed E-state index contributed by atoms with van der Waals surface area (Å²) in [5.74, 6) is 2.23. The number of hydrogen-bond donors (Lipinski definition) is 3. The van der Waals surface area contributed by atoms with E-state index in [1.807, 2.05) is 63.5 Å². The van der Waals surface area contributed by atoms with Gasteiger partial charge < -0.3 is 39.5 Å². The highest BCUT2D eigenvalue weighted by atomic mass is 32.1. The van der Waals surface area contributed by atoms with Crippen LogP contribution in [0, 0.1) is 48.7 Å². The summed E-state index contributed by atoms with van der Waals surface area (Å²) in [4.78, 5) is 55.9. The van der Waals surface area contributed by atoms with E-state index >= 15 is 8.78 Å². The lowest BCUT2D eigenvalue weighted by Gasteiger charge is -2.42. The van der Waals surface area contributed by atoms with Gasteiger partial charge in [-0.3, -0.25) is 19.5 Å². The summed E-state index contributed by atoms with van der Waals surface area (Å²) in [7, 11) is 0. The minimum atomic E-state index is -0.826. The molecule has 0 bridgehead atoms. The number of halogens is 2. The largest absolute Gasteiger partial charge is 0.508 e. The molecule has 0 saturated carbocycles. The second-order valence-electron chi connectivity index (χ2n) is 22.5. The van der Waals surface area contributed by atoms with Crippen LogP contribution in [-0.2, 0) is 9.59 Å². The van der Waals surface area contributed by atoms with Crippen LogP contribution in [0.2, 0.25) is 0 Å². The molecule has 4 fully saturated rings. The molecule has 80 heavy (non-hydrogen) atoms. The Morgan fingerprint density at radius 3 is 2.41 bits per heavy atom. The Labute approximate surface area is 468 Å². The minimum Gasteiger partial charge on any atom is -0.508 e. The third kappa shape index (κ3) is 11.3. The number of aliphatic hydroxyl groups is 1. The van der Waals surface area contributed by atoms with Gasteiger partial charge in [0.05, 0.1) is 39.2 Å². The van der Waals surface area contributed by atoms with Crippen molar-refractivity contribution < 1.29 is 37.8 Å². The number of benzene rings is 3. The topological polar surface area (TPSA) is 186 Å². The summed E-state index contributed by atoms with van der Waals surface area (Å²) in [6, 6.07) is 14.4. The number of phenolic OH excluding ortho intramolecular Hbond substituents is 1. The molecule has 0 radical (unpaired) electrons. The first-order valence-electron chi connectivity index (χ1n) is 28.1. The summed E-state index contributed by atoms with van der Waals surface area (Å²) in [5, 5.41) is 30.1. The van der Waals surface area contributed by atoms with Gasteiger partial charge in [0.25, 0.3) is 0 Å². The molecule has 3 aromatic carbocycles. The van der Waals surface area contributed by atoms with Crippen molar-refractivity contribution in [2.24, 2.45) is 17.8 Å². The molecule has 0 unspecified atom stereocenters. The van der Waals surface area contributed by atoms with E-state index in [4.69, 9.17) is 20.7 Å². The van der Waals surface area contributed by atoms with Crippen molar-refractivity contribution in [3.8, 4) is 45.8 Å². The number of aromatic nitrogens is 5. The number of hydrogen-bond acceptors (Lipinski definition) is 15. The molecule has 19 heteroatoms. The monoisotopic (exact) mass is 1110 g/mol. The van der Waals surface area contributed by atoms with Gasteiger partial charge >= 0.3 is 6.01 Å². The van der Waals surface area contributed by atoms with Crippen LogP contribution in [0.25, 0.3) is 43.4 Å². The Morgan fingerprint density at radius 1 is 0.938 bits per heavy atom. The summed E-state index contributed by atoms with van der Waals surface area (Å²) in [6.45, 7) is 13.8. The number of carbonyl (C=O) groups is 2. The predicted octanol–water partition coefficient (Wildman–Crippen LogP) is 9.81. The maximum atomic E-state index is 17.0. The van der Waals surface area contributed by atoms with Crippen molar-refractivity contribution >= 4 is 56.5 Å². The number of amides is 2. The maximum Gasteiger partial charge on any atom is 0.319 e. The molecule has 11 rings (SSSR count). The zero-order valence-corrected chi connectivity index (χ0v) is 46.5. The molecular weight excluding hydrogens is 1040 g/mol. The van der Waals surface area contributed by atoms with E-state index in [-0.39, 0.29) is 76.2 Å².